The highest BCUT2D eigenvalue weighted by Crippen LogP contribution is 2.35. The zero-order valence-corrected chi connectivity index (χ0v) is 16.6. The Balaban J connectivity index is 1.98. The molecule has 0 bridgehead atoms. The van der Waals surface area contributed by atoms with Gasteiger partial charge in [-0.05, 0) is 54.8 Å². The zero-order valence-electron chi connectivity index (χ0n) is 14.2. The van der Waals surface area contributed by atoms with E-state index in [-0.39, 0.29) is 6.04 Å². The van der Waals surface area contributed by atoms with Crippen LogP contribution in [0.4, 0.5) is 0 Å². The van der Waals surface area contributed by atoms with Crippen molar-refractivity contribution in [1.29, 1.82) is 0 Å². The smallest absolute Gasteiger partial charge is 0.243 e. The number of hydrogen-bond donors (Lipinski definition) is 0. The minimum absolute atomic E-state index is 0.137. The maximum atomic E-state index is 13.2. The van der Waals surface area contributed by atoms with Crippen LogP contribution < -0.4 is 4.74 Å². The Bertz CT molecular complexity index is 804. The van der Waals surface area contributed by atoms with Crippen LogP contribution in [0.3, 0.4) is 0 Å². The molecular weight excluding hydrogens is 402 g/mol. The lowest BCUT2D eigenvalue weighted by molar-refractivity contribution is 0.328. The van der Waals surface area contributed by atoms with Gasteiger partial charge in [0.15, 0.2) is 0 Å². The van der Waals surface area contributed by atoms with Crippen LogP contribution in [0.5, 0.6) is 5.75 Å². The van der Waals surface area contributed by atoms with Crippen LogP contribution in [0.25, 0.3) is 0 Å². The normalized spacial score (nSPS) is 19.4. The van der Waals surface area contributed by atoms with E-state index in [9.17, 15) is 8.42 Å². The van der Waals surface area contributed by atoms with Crippen molar-refractivity contribution >= 4 is 26.0 Å². The van der Waals surface area contributed by atoms with Crippen LogP contribution in [-0.2, 0) is 10.0 Å². The highest BCUT2D eigenvalue weighted by atomic mass is 79.9. The Morgan fingerprint density at radius 2 is 1.68 bits per heavy atom. The van der Waals surface area contributed by atoms with E-state index in [1.165, 1.54) is 0 Å². The van der Waals surface area contributed by atoms with Gasteiger partial charge in [-0.25, -0.2) is 8.42 Å². The summed E-state index contributed by atoms with van der Waals surface area (Å²) in [4.78, 5) is 0.344. The number of benzene rings is 2. The molecule has 2 aromatic rings. The van der Waals surface area contributed by atoms with Gasteiger partial charge in [-0.2, -0.15) is 4.31 Å². The third kappa shape index (κ3) is 4.07. The van der Waals surface area contributed by atoms with Crippen molar-refractivity contribution < 1.29 is 13.2 Å². The predicted octanol–water partition coefficient (Wildman–Crippen LogP) is 4.76. The molecule has 0 aromatic heterocycles. The van der Waals surface area contributed by atoms with Gasteiger partial charge in [0.1, 0.15) is 5.75 Å². The summed E-state index contributed by atoms with van der Waals surface area (Å²) in [5, 5.41) is 0. The third-order valence-electron chi connectivity index (χ3n) is 4.62. The lowest BCUT2D eigenvalue weighted by Gasteiger charge is -2.29. The van der Waals surface area contributed by atoms with Crippen molar-refractivity contribution in [2.24, 2.45) is 0 Å². The molecule has 1 aliphatic rings. The second-order valence-corrected chi connectivity index (χ2v) is 9.01. The van der Waals surface area contributed by atoms with Gasteiger partial charge in [0.05, 0.1) is 18.0 Å². The monoisotopic (exact) mass is 423 g/mol. The summed E-state index contributed by atoms with van der Waals surface area (Å²) in [6, 6.07) is 14.5. The van der Waals surface area contributed by atoms with Crippen LogP contribution in [0.2, 0.25) is 0 Å². The zero-order chi connectivity index (χ0) is 17.9. The Morgan fingerprint density at radius 3 is 2.32 bits per heavy atom. The summed E-state index contributed by atoms with van der Waals surface area (Å²) in [5.74, 6) is 0.777. The molecule has 1 atom stereocenters. The molecule has 4 nitrogen and oxygen atoms in total. The van der Waals surface area contributed by atoms with E-state index in [2.05, 4.69) is 15.9 Å². The fraction of sp³-hybridized carbons (Fsp3) is 0.368. The second-order valence-electron chi connectivity index (χ2n) is 6.21. The summed E-state index contributed by atoms with van der Waals surface area (Å²) in [6.07, 6.45) is 3.81. The summed E-state index contributed by atoms with van der Waals surface area (Å²) >= 11 is 3.36. The van der Waals surface area contributed by atoms with Gasteiger partial charge < -0.3 is 4.74 Å². The molecule has 25 heavy (non-hydrogen) atoms. The van der Waals surface area contributed by atoms with E-state index < -0.39 is 10.0 Å². The number of nitrogens with zero attached hydrogens (tertiary/aromatic N) is 1. The van der Waals surface area contributed by atoms with E-state index in [0.717, 1.165) is 41.5 Å². The van der Waals surface area contributed by atoms with Crippen LogP contribution in [0.1, 0.15) is 37.3 Å². The van der Waals surface area contributed by atoms with Crippen LogP contribution in [0.15, 0.2) is 57.9 Å². The third-order valence-corrected chi connectivity index (χ3v) is 7.08. The van der Waals surface area contributed by atoms with Crippen molar-refractivity contribution in [3.05, 3.63) is 58.6 Å². The molecule has 0 amide bonds. The lowest BCUT2D eigenvalue weighted by Crippen LogP contribution is -2.34. The first-order valence-corrected chi connectivity index (χ1v) is 10.7. The molecule has 0 radical (unpaired) electrons. The maximum absolute atomic E-state index is 13.2. The number of halogens is 1. The summed E-state index contributed by atoms with van der Waals surface area (Å²) in [6.45, 7) is 0.551. The fourth-order valence-electron chi connectivity index (χ4n) is 3.27. The SMILES string of the molecule is COc1ccc(C2CCCCCN2S(=O)(=O)c2ccc(Br)cc2)cc1. The molecule has 1 unspecified atom stereocenters. The maximum Gasteiger partial charge on any atom is 0.243 e. The van der Waals surface area contributed by atoms with Gasteiger partial charge in [0.25, 0.3) is 0 Å². The molecule has 1 saturated heterocycles. The Labute approximate surface area is 158 Å². The largest absolute Gasteiger partial charge is 0.497 e. The first-order chi connectivity index (χ1) is 12.0. The van der Waals surface area contributed by atoms with Crippen molar-refractivity contribution in [3.8, 4) is 5.75 Å². The van der Waals surface area contributed by atoms with E-state index >= 15 is 0 Å². The predicted molar refractivity (Wildman–Crippen MR) is 102 cm³/mol. The molecule has 0 N–H and O–H groups in total. The van der Waals surface area contributed by atoms with Gasteiger partial charge in [-0.1, -0.05) is 40.9 Å². The molecule has 3 rings (SSSR count). The molecule has 6 heteroatoms. The average molecular weight is 424 g/mol. The van der Waals surface area contributed by atoms with E-state index in [4.69, 9.17) is 4.74 Å². The number of methoxy groups -OCH3 is 1. The van der Waals surface area contributed by atoms with Gasteiger partial charge in [-0.15, -0.1) is 0 Å². The van der Waals surface area contributed by atoms with Crippen molar-refractivity contribution in [1.82, 2.24) is 4.31 Å². The van der Waals surface area contributed by atoms with E-state index in [1.54, 1.807) is 35.7 Å². The van der Waals surface area contributed by atoms with Crippen LogP contribution in [-0.4, -0.2) is 26.4 Å². The topological polar surface area (TPSA) is 46.6 Å². The Morgan fingerprint density at radius 1 is 1.00 bits per heavy atom. The van der Waals surface area contributed by atoms with E-state index in [1.807, 2.05) is 24.3 Å². The number of rotatable bonds is 4. The fourth-order valence-corrected chi connectivity index (χ4v) is 5.22. The first kappa shape index (κ1) is 18.4. The standard InChI is InChI=1S/C19H22BrNO3S/c1-24-17-10-6-15(7-11-17)19-5-3-2-4-14-21(19)25(22,23)18-12-8-16(20)9-13-18/h6-13,19H,2-5,14H2,1H3. The van der Waals surface area contributed by atoms with Crippen LogP contribution >= 0.6 is 15.9 Å². The molecule has 1 fully saturated rings. The molecule has 1 aliphatic heterocycles. The van der Waals surface area contributed by atoms with Gasteiger partial charge in [0, 0.05) is 11.0 Å². The van der Waals surface area contributed by atoms with Gasteiger partial charge in [0.2, 0.25) is 10.0 Å². The number of ether oxygens (including phenoxy) is 1. The minimum Gasteiger partial charge on any atom is -0.497 e. The first-order valence-electron chi connectivity index (χ1n) is 8.44. The molecule has 134 valence electrons. The molecule has 0 aliphatic carbocycles. The van der Waals surface area contributed by atoms with Gasteiger partial charge >= 0.3 is 0 Å². The van der Waals surface area contributed by atoms with Crippen molar-refractivity contribution in [3.63, 3.8) is 0 Å². The Hall–Kier alpha value is -1.37. The highest BCUT2D eigenvalue weighted by Gasteiger charge is 2.33. The van der Waals surface area contributed by atoms with Crippen molar-refractivity contribution in [2.75, 3.05) is 13.7 Å². The second kappa shape index (κ2) is 7.89. The molecule has 1 heterocycles. The number of sulfonamides is 1. The summed E-state index contributed by atoms with van der Waals surface area (Å²) < 4.78 is 34.2. The quantitative estimate of drug-likeness (QED) is 0.711. The lowest BCUT2D eigenvalue weighted by atomic mass is 10.0. The van der Waals surface area contributed by atoms with Crippen LogP contribution in [0, 0.1) is 0 Å². The van der Waals surface area contributed by atoms with Crippen molar-refractivity contribution in [2.45, 2.75) is 36.6 Å². The van der Waals surface area contributed by atoms with E-state index in [0.29, 0.717) is 11.4 Å². The number of hydrogen-bond acceptors (Lipinski definition) is 3. The Kier molecular flexibility index (Phi) is 5.81. The minimum atomic E-state index is -3.53. The average Bonchev–Trinajstić information content (AvgIpc) is 2.89. The van der Waals surface area contributed by atoms with Gasteiger partial charge in [-0.3, -0.25) is 0 Å². The molecule has 0 saturated carbocycles. The molecule has 2 aromatic carbocycles. The summed E-state index contributed by atoms with van der Waals surface area (Å²) in [7, 11) is -1.90. The highest BCUT2D eigenvalue weighted by molar-refractivity contribution is 9.10. The summed E-state index contributed by atoms with van der Waals surface area (Å²) in [5.41, 5.74) is 1.02. The molecule has 0 spiro atoms. The molecular formula is C19H22BrNO3S.